The first kappa shape index (κ1) is 16.8. The molecule has 1 amide bonds. The van der Waals surface area contributed by atoms with Gasteiger partial charge in [-0.05, 0) is 44.2 Å². The summed E-state index contributed by atoms with van der Waals surface area (Å²) in [5.74, 6) is 0.851. The van der Waals surface area contributed by atoms with Crippen molar-refractivity contribution in [1.82, 2.24) is 4.90 Å². The number of carbonyl (C=O) groups is 1. The highest BCUT2D eigenvalue weighted by atomic mass is 32.2. The average Bonchev–Trinajstić information content (AvgIpc) is 3.30. The number of benzene rings is 1. The Balaban J connectivity index is 1.94. The van der Waals surface area contributed by atoms with E-state index in [0.29, 0.717) is 5.92 Å². The fourth-order valence-electron chi connectivity index (χ4n) is 2.33. The minimum Gasteiger partial charge on any atom is -0.341 e. The summed E-state index contributed by atoms with van der Waals surface area (Å²) in [6.45, 7) is 5.67. The summed E-state index contributed by atoms with van der Waals surface area (Å²) in [6, 6.07) is 6.37. The first-order chi connectivity index (χ1) is 10.5. The van der Waals surface area contributed by atoms with Crippen molar-refractivity contribution in [2.75, 3.05) is 13.1 Å². The molecule has 0 radical (unpaired) electrons. The number of hydrogen-bond acceptors (Lipinski definition) is 4. The summed E-state index contributed by atoms with van der Waals surface area (Å²) in [5.41, 5.74) is 0.0738. The Morgan fingerprint density at radius 1 is 1.41 bits per heavy atom. The minimum absolute atomic E-state index is 0.0738. The molecule has 0 aromatic heterocycles. The molecule has 1 fully saturated rings. The van der Waals surface area contributed by atoms with Crippen LogP contribution in [0.2, 0.25) is 0 Å². The predicted molar refractivity (Wildman–Crippen MR) is 88.0 cm³/mol. The summed E-state index contributed by atoms with van der Waals surface area (Å²) in [6.07, 6.45) is 3.43. The van der Waals surface area contributed by atoms with Gasteiger partial charge in [-0.2, -0.15) is 0 Å². The minimum atomic E-state index is -0.415. The summed E-state index contributed by atoms with van der Waals surface area (Å²) < 4.78 is 0. The molecule has 2 rings (SSSR count). The zero-order valence-corrected chi connectivity index (χ0v) is 13.8. The maximum Gasteiger partial charge on any atom is 0.269 e. The van der Waals surface area contributed by atoms with Gasteiger partial charge in [-0.3, -0.25) is 14.9 Å². The van der Waals surface area contributed by atoms with Gasteiger partial charge >= 0.3 is 0 Å². The van der Waals surface area contributed by atoms with E-state index in [1.807, 2.05) is 11.8 Å². The molecule has 1 aromatic rings. The lowest BCUT2D eigenvalue weighted by Crippen LogP contribution is -2.38. The highest BCUT2D eigenvalue weighted by Gasteiger charge is 2.28. The molecule has 22 heavy (non-hydrogen) atoms. The lowest BCUT2D eigenvalue weighted by molar-refractivity contribution is -0.384. The summed E-state index contributed by atoms with van der Waals surface area (Å²) >= 11 is 1.46. The SMILES string of the molecule is CCCN(CC1CC1)C(=O)C(C)Sc1ccc([N+](=O)[O-])cc1. The first-order valence-corrected chi connectivity index (χ1v) is 8.59. The van der Waals surface area contributed by atoms with Crippen LogP contribution in [0, 0.1) is 16.0 Å². The van der Waals surface area contributed by atoms with Gasteiger partial charge in [0.25, 0.3) is 5.69 Å². The van der Waals surface area contributed by atoms with Crippen molar-refractivity contribution in [3.8, 4) is 0 Å². The summed E-state index contributed by atoms with van der Waals surface area (Å²) in [5, 5.41) is 10.5. The van der Waals surface area contributed by atoms with E-state index in [9.17, 15) is 14.9 Å². The molecular weight excluding hydrogens is 300 g/mol. The molecule has 1 aliphatic carbocycles. The van der Waals surface area contributed by atoms with Gasteiger partial charge in [0.2, 0.25) is 5.91 Å². The van der Waals surface area contributed by atoms with Gasteiger partial charge in [0.1, 0.15) is 0 Å². The third-order valence-electron chi connectivity index (χ3n) is 3.69. The predicted octanol–water partition coefficient (Wildman–Crippen LogP) is 3.72. The van der Waals surface area contributed by atoms with E-state index in [2.05, 4.69) is 6.92 Å². The van der Waals surface area contributed by atoms with Crippen LogP contribution in [0.3, 0.4) is 0 Å². The molecule has 1 saturated carbocycles. The van der Waals surface area contributed by atoms with E-state index in [1.54, 1.807) is 12.1 Å². The Hall–Kier alpha value is -1.56. The van der Waals surface area contributed by atoms with Crippen molar-refractivity contribution in [2.24, 2.45) is 5.92 Å². The van der Waals surface area contributed by atoms with Crippen LogP contribution in [0.25, 0.3) is 0 Å². The number of nitrogens with zero attached hydrogens (tertiary/aromatic N) is 2. The average molecular weight is 322 g/mol. The zero-order chi connectivity index (χ0) is 16.1. The van der Waals surface area contributed by atoms with Crippen LogP contribution in [0.15, 0.2) is 29.2 Å². The third kappa shape index (κ3) is 4.73. The number of amides is 1. The van der Waals surface area contributed by atoms with Crippen molar-refractivity contribution in [3.63, 3.8) is 0 Å². The molecule has 1 atom stereocenters. The quantitative estimate of drug-likeness (QED) is 0.416. The third-order valence-corrected chi connectivity index (χ3v) is 4.79. The fourth-order valence-corrected chi connectivity index (χ4v) is 3.28. The van der Waals surface area contributed by atoms with Crippen molar-refractivity contribution >= 4 is 23.4 Å². The second-order valence-electron chi connectivity index (χ2n) is 5.74. The number of thioether (sulfide) groups is 1. The van der Waals surface area contributed by atoms with Crippen LogP contribution in [-0.2, 0) is 4.79 Å². The van der Waals surface area contributed by atoms with Crippen molar-refractivity contribution in [2.45, 2.75) is 43.3 Å². The molecular formula is C16H22N2O3S. The molecule has 1 unspecified atom stereocenters. The van der Waals surface area contributed by atoms with Gasteiger partial charge in [-0.25, -0.2) is 0 Å². The van der Waals surface area contributed by atoms with Gasteiger partial charge in [0.15, 0.2) is 0 Å². The lowest BCUT2D eigenvalue weighted by atomic mass is 10.3. The van der Waals surface area contributed by atoms with Gasteiger partial charge < -0.3 is 4.90 Å². The topological polar surface area (TPSA) is 63.5 Å². The van der Waals surface area contributed by atoms with E-state index in [4.69, 9.17) is 0 Å². The molecule has 0 bridgehead atoms. The van der Waals surface area contributed by atoms with Crippen molar-refractivity contribution in [3.05, 3.63) is 34.4 Å². The molecule has 0 saturated heterocycles. The number of nitro benzene ring substituents is 1. The van der Waals surface area contributed by atoms with Crippen LogP contribution < -0.4 is 0 Å². The molecule has 0 spiro atoms. The number of hydrogen-bond donors (Lipinski definition) is 0. The van der Waals surface area contributed by atoms with E-state index in [-0.39, 0.29) is 16.8 Å². The van der Waals surface area contributed by atoms with E-state index in [0.717, 1.165) is 24.4 Å². The van der Waals surface area contributed by atoms with Crippen LogP contribution in [0.1, 0.15) is 33.1 Å². The Kier molecular flexibility index (Phi) is 5.83. The Morgan fingerprint density at radius 3 is 2.55 bits per heavy atom. The number of carbonyl (C=O) groups excluding carboxylic acids is 1. The van der Waals surface area contributed by atoms with Gasteiger partial charge in [-0.1, -0.05) is 6.92 Å². The molecule has 0 aliphatic heterocycles. The first-order valence-electron chi connectivity index (χ1n) is 7.71. The highest BCUT2D eigenvalue weighted by molar-refractivity contribution is 8.00. The monoisotopic (exact) mass is 322 g/mol. The standard InChI is InChI=1S/C16H22N2O3S/c1-3-10-17(11-13-4-5-13)16(19)12(2)22-15-8-6-14(7-9-15)18(20)21/h6-9,12-13H,3-5,10-11H2,1-2H3. The second-order valence-corrected chi connectivity index (χ2v) is 7.15. The van der Waals surface area contributed by atoms with Gasteiger partial charge in [-0.15, -0.1) is 11.8 Å². The number of nitro groups is 1. The lowest BCUT2D eigenvalue weighted by Gasteiger charge is -2.25. The number of rotatable bonds is 8. The second kappa shape index (κ2) is 7.63. The molecule has 6 heteroatoms. The Bertz CT molecular complexity index is 529. The van der Waals surface area contributed by atoms with Gasteiger partial charge in [0, 0.05) is 30.1 Å². The number of non-ortho nitro benzene ring substituents is 1. The van der Waals surface area contributed by atoms with Gasteiger partial charge in [0.05, 0.1) is 10.2 Å². The summed E-state index contributed by atoms with van der Waals surface area (Å²) in [4.78, 5) is 25.7. The zero-order valence-electron chi connectivity index (χ0n) is 13.0. The van der Waals surface area contributed by atoms with E-state index < -0.39 is 4.92 Å². The van der Waals surface area contributed by atoms with Crippen LogP contribution in [-0.4, -0.2) is 34.1 Å². The molecule has 5 nitrogen and oxygen atoms in total. The molecule has 120 valence electrons. The normalized spacial score (nSPS) is 15.4. The van der Waals surface area contributed by atoms with E-state index >= 15 is 0 Å². The smallest absolute Gasteiger partial charge is 0.269 e. The van der Waals surface area contributed by atoms with E-state index in [1.165, 1.54) is 36.7 Å². The van der Waals surface area contributed by atoms with Crippen LogP contribution >= 0.6 is 11.8 Å². The van der Waals surface area contributed by atoms with Crippen LogP contribution in [0.4, 0.5) is 5.69 Å². The Morgan fingerprint density at radius 2 is 2.05 bits per heavy atom. The van der Waals surface area contributed by atoms with Crippen molar-refractivity contribution in [1.29, 1.82) is 0 Å². The Labute approximate surface area is 135 Å². The maximum atomic E-state index is 12.6. The molecule has 1 aliphatic rings. The maximum absolute atomic E-state index is 12.6. The molecule has 1 aromatic carbocycles. The highest BCUT2D eigenvalue weighted by Crippen LogP contribution is 2.31. The summed E-state index contributed by atoms with van der Waals surface area (Å²) in [7, 11) is 0. The molecule has 0 N–H and O–H groups in total. The van der Waals surface area contributed by atoms with Crippen molar-refractivity contribution < 1.29 is 9.72 Å². The fraction of sp³-hybridized carbons (Fsp3) is 0.562. The molecule has 0 heterocycles. The largest absolute Gasteiger partial charge is 0.341 e. The van der Waals surface area contributed by atoms with Crippen LogP contribution in [0.5, 0.6) is 0 Å².